The van der Waals surface area contributed by atoms with E-state index in [-0.39, 0.29) is 17.4 Å². The maximum absolute atomic E-state index is 6.81. The average molecular weight is 847 g/mol. The normalized spacial score (nSPS) is 16.3. The fourth-order valence-electron chi connectivity index (χ4n) is 11.1. The molecule has 0 amide bonds. The molecule has 1 aliphatic heterocycles. The molecule has 2 atom stereocenters. The van der Waals surface area contributed by atoms with Gasteiger partial charge in [-0.25, -0.2) is 0 Å². The molecule has 0 radical (unpaired) electrons. The molecule has 2 heterocycles. The SMILES string of the molecule is CC1(C)c2ccccc2-c2ccc(-c3ccc(N(c4ccc(-c5ccccc5)cc4)c4cccc5c4C4C=C(c6ccc7c(c6)c6ccccc6n7-c6ccccc6)C=CC4O5)cc3)cc21. The second kappa shape index (κ2) is 15.0. The van der Waals surface area contributed by atoms with Crippen LogP contribution < -0.4 is 9.64 Å². The minimum absolute atomic E-state index is 0.0156. The summed E-state index contributed by atoms with van der Waals surface area (Å²) in [6, 6.07) is 77.5. The van der Waals surface area contributed by atoms with Crippen LogP contribution in [0.4, 0.5) is 17.1 Å². The summed E-state index contributed by atoms with van der Waals surface area (Å²) in [4.78, 5) is 2.42. The highest BCUT2D eigenvalue weighted by atomic mass is 16.5. The summed E-state index contributed by atoms with van der Waals surface area (Å²) in [5.41, 5.74) is 20.7. The number of benzene rings is 9. The van der Waals surface area contributed by atoms with Crippen LogP contribution in [0, 0.1) is 0 Å². The minimum atomic E-state index is -0.103. The zero-order valence-electron chi connectivity index (χ0n) is 36.9. The number of anilines is 3. The Hall–Kier alpha value is -8.14. The molecular formula is C63H46N2O. The van der Waals surface area contributed by atoms with Crippen molar-refractivity contribution < 1.29 is 4.74 Å². The molecule has 3 nitrogen and oxygen atoms in total. The Kier molecular flexibility index (Phi) is 8.69. The Labute approximate surface area is 385 Å². The summed E-state index contributed by atoms with van der Waals surface area (Å²) in [6.07, 6.45) is 6.84. The zero-order valence-corrected chi connectivity index (χ0v) is 36.9. The van der Waals surface area contributed by atoms with E-state index < -0.39 is 0 Å². The lowest BCUT2D eigenvalue weighted by molar-refractivity contribution is 0.269. The van der Waals surface area contributed by atoms with Crippen LogP contribution in [0.2, 0.25) is 0 Å². The molecule has 66 heavy (non-hydrogen) atoms. The molecule has 0 spiro atoms. The molecule has 0 saturated carbocycles. The van der Waals surface area contributed by atoms with Crippen molar-refractivity contribution in [2.24, 2.45) is 0 Å². The lowest BCUT2D eigenvalue weighted by Gasteiger charge is -2.29. The maximum Gasteiger partial charge on any atom is 0.128 e. The minimum Gasteiger partial charge on any atom is -0.485 e. The van der Waals surface area contributed by atoms with Gasteiger partial charge in [-0.2, -0.15) is 0 Å². The van der Waals surface area contributed by atoms with Gasteiger partial charge in [-0.15, -0.1) is 0 Å². The van der Waals surface area contributed by atoms with E-state index in [0.29, 0.717) is 0 Å². The lowest BCUT2D eigenvalue weighted by atomic mass is 9.81. The van der Waals surface area contributed by atoms with E-state index >= 15 is 0 Å². The van der Waals surface area contributed by atoms with Crippen LogP contribution in [0.1, 0.15) is 42.0 Å². The first-order valence-electron chi connectivity index (χ1n) is 23.1. The van der Waals surface area contributed by atoms with Gasteiger partial charge >= 0.3 is 0 Å². The zero-order chi connectivity index (χ0) is 43.9. The summed E-state index contributed by atoms with van der Waals surface area (Å²) < 4.78 is 9.18. The number of allylic oxidation sites excluding steroid dienone is 2. The molecule has 0 bridgehead atoms. The van der Waals surface area contributed by atoms with Gasteiger partial charge in [-0.05, 0) is 135 Å². The van der Waals surface area contributed by atoms with E-state index in [1.807, 2.05) is 0 Å². The summed E-state index contributed by atoms with van der Waals surface area (Å²) in [7, 11) is 0. The fraction of sp³-hybridized carbons (Fsp3) is 0.0794. The first-order chi connectivity index (χ1) is 32.5. The molecule has 10 aromatic rings. The van der Waals surface area contributed by atoms with Gasteiger partial charge in [0.2, 0.25) is 0 Å². The topological polar surface area (TPSA) is 17.4 Å². The van der Waals surface area contributed by atoms with Gasteiger partial charge in [-0.3, -0.25) is 0 Å². The van der Waals surface area contributed by atoms with Crippen molar-refractivity contribution in [2.75, 3.05) is 4.90 Å². The number of ether oxygens (including phenoxy) is 1. The van der Waals surface area contributed by atoms with Crippen molar-refractivity contribution in [3.63, 3.8) is 0 Å². The third-order valence-corrected chi connectivity index (χ3v) is 14.4. The molecule has 0 fully saturated rings. The predicted molar refractivity (Wildman–Crippen MR) is 275 cm³/mol. The second-order valence-electron chi connectivity index (χ2n) is 18.4. The molecule has 9 aromatic carbocycles. The van der Waals surface area contributed by atoms with Gasteiger partial charge < -0.3 is 14.2 Å². The quantitative estimate of drug-likeness (QED) is 0.159. The van der Waals surface area contributed by atoms with Crippen LogP contribution in [0.5, 0.6) is 5.75 Å². The number of hydrogen-bond acceptors (Lipinski definition) is 2. The van der Waals surface area contributed by atoms with E-state index in [9.17, 15) is 0 Å². The number of aromatic nitrogens is 1. The van der Waals surface area contributed by atoms with Gasteiger partial charge in [-0.1, -0.05) is 166 Å². The number of rotatable bonds is 7. The van der Waals surface area contributed by atoms with Crippen molar-refractivity contribution in [1.29, 1.82) is 0 Å². The monoisotopic (exact) mass is 846 g/mol. The average Bonchev–Trinajstić information content (AvgIpc) is 4.00. The van der Waals surface area contributed by atoms with Crippen molar-refractivity contribution in [3.8, 4) is 44.8 Å². The van der Waals surface area contributed by atoms with Crippen LogP contribution >= 0.6 is 0 Å². The standard InChI is InChI=1S/C63H46N2O/c1-63(2)55-20-11-9-18-50(55)51-35-28-46(40-56(51)63)43-26-33-49(34-27-43)64(48-31-24-42(25-32-48)41-14-5-3-6-15-41)59-22-13-23-61-62(59)54-39-45(30-37-60(54)66-61)44-29-36-58-53(38-44)52-19-10-12-21-57(52)65(58)47-16-7-4-8-17-47/h3-40,54,60H,1-2H3. The number of fused-ring (bicyclic) bond motifs is 9. The Morgan fingerprint density at radius 3 is 1.89 bits per heavy atom. The van der Waals surface area contributed by atoms with Crippen LogP contribution in [0.3, 0.4) is 0 Å². The molecule has 2 unspecified atom stereocenters. The first kappa shape index (κ1) is 38.3. The molecule has 0 saturated heterocycles. The molecular weight excluding hydrogens is 801 g/mol. The van der Waals surface area contributed by atoms with E-state index in [2.05, 4.69) is 254 Å². The third-order valence-electron chi connectivity index (χ3n) is 14.4. The first-order valence-corrected chi connectivity index (χ1v) is 23.1. The molecule has 2 aliphatic carbocycles. The Balaban J connectivity index is 0.904. The van der Waals surface area contributed by atoms with Crippen LogP contribution in [0.25, 0.3) is 66.4 Å². The fourth-order valence-corrected chi connectivity index (χ4v) is 11.1. The highest BCUT2D eigenvalue weighted by molar-refractivity contribution is 6.10. The Bertz CT molecular complexity index is 3580. The van der Waals surface area contributed by atoms with Crippen molar-refractivity contribution >= 4 is 44.4 Å². The lowest BCUT2D eigenvalue weighted by Crippen LogP contribution is -2.18. The molecule has 1 aromatic heterocycles. The highest BCUT2D eigenvalue weighted by Crippen LogP contribution is 2.52. The van der Waals surface area contributed by atoms with Crippen LogP contribution in [-0.4, -0.2) is 10.7 Å². The van der Waals surface area contributed by atoms with E-state index in [4.69, 9.17) is 4.74 Å². The molecule has 314 valence electrons. The van der Waals surface area contributed by atoms with E-state index in [0.717, 1.165) is 28.5 Å². The van der Waals surface area contributed by atoms with E-state index in [1.54, 1.807) is 0 Å². The smallest absolute Gasteiger partial charge is 0.128 e. The highest BCUT2D eigenvalue weighted by Gasteiger charge is 2.38. The number of para-hydroxylation sites is 2. The predicted octanol–water partition coefficient (Wildman–Crippen LogP) is 16.4. The van der Waals surface area contributed by atoms with Crippen LogP contribution in [0.15, 0.2) is 231 Å². The van der Waals surface area contributed by atoms with Crippen molar-refractivity contribution in [1.82, 2.24) is 4.57 Å². The van der Waals surface area contributed by atoms with Crippen molar-refractivity contribution in [2.45, 2.75) is 31.3 Å². The molecule has 3 heteroatoms. The molecule has 13 rings (SSSR count). The van der Waals surface area contributed by atoms with Crippen molar-refractivity contribution in [3.05, 3.63) is 253 Å². The van der Waals surface area contributed by atoms with Gasteiger partial charge in [0.05, 0.1) is 16.7 Å². The maximum atomic E-state index is 6.81. The Morgan fingerprint density at radius 2 is 1.11 bits per heavy atom. The van der Waals surface area contributed by atoms with Gasteiger partial charge in [0.15, 0.2) is 0 Å². The van der Waals surface area contributed by atoms with E-state index in [1.165, 1.54) is 83.0 Å². The second-order valence-corrected chi connectivity index (χ2v) is 18.4. The van der Waals surface area contributed by atoms with Gasteiger partial charge in [0, 0.05) is 44.7 Å². The van der Waals surface area contributed by atoms with Gasteiger partial charge in [0.1, 0.15) is 11.9 Å². The number of nitrogens with zero attached hydrogens (tertiary/aromatic N) is 2. The van der Waals surface area contributed by atoms with Gasteiger partial charge in [0.25, 0.3) is 0 Å². The summed E-state index contributed by atoms with van der Waals surface area (Å²) in [6.45, 7) is 4.70. The summed E-state index contributed by atoms with van der Waals surface area (Å²) >= 11 is 0. The summed E-state index contributed by atoms with van der Waals surface area (Å²) in [5.74, 6) is 0.942. The number of hydrogen-bond donors (Lipinski definition) is 0. The summed E-state index contributed by atoms with van der Waals surface area (Å²) in [5, 5.41) is 2.49. The molecule has 0 N–H and O–H groups in total. The van der Waals surface area contributed by atoms with Crippen LogP contribution in [-0.2, 0) is 5.41 Å². The largest absolute Gasteiger partial charge is 0.485 e. The Morgan fingerprint density at radius 1 is 0.485 bits per heavy atom. The molecule has 3 aliphatic rings. The third kappa shape index (κ3) is 6.04.